The lowest BCUT2D eigenvalue weighted by atomic mass is 9.95. The molecule has 2 aromatic rings. The van der Waals surface area contributed by atoms with Gasteiger partial charge in [0.2, 0.25) is 0 Å². The van der Waals surface area contributed by atoms with E-state index in [1.54, 1.807) is 55.6 Å². The third-order valence-electron chi connectivity index (χ3n) is 6.25. The number of carbonyl (C=O) groups excluding carboxylic acids is 1. The fourth-order valence-corrected chi connectivity index (χ4v) is 5.98. The van der Waals surface area contributed by atoms with E-state index in [0.29, 0.717) is 17.2 Å². The number of aryl methyl sites for hydroxylation is 1. The molecule has 2 aromatic carbocycles. The van der Waals surface area contributed by atoms with E-state index < -0.39 is 10.0 Å². The molecule has 2 fully saturated rings. The van der Waals surface area contributed by atoms with Gasteiger partial charge in [0, 0.05) is 18.7 Å². The summed E-state index contributed by atoms with van der Waals surface area (Å²) >= 11 is 0. The first-order valence-corrected chi connectivity index (χ1v) is 11.3. The average molecular weight is 399 g/mol. The SMILES string of the molecule is Cc1cc(C(=O)N[C@@H]2CC3CCC2C3)ccc1N(C)S(=O)(=O)c1ccccc1. The molecule has 0 heterocycles. The normalized spacial score (nSPS) is 23.6. The molecule has 4 rings (SSSR count). The zero-order chi connectivity index (χ0) is 19.9. The highest BCUT2D eigenvalue weighted by Gasteiger charge is 2.40. The maximum Gasteiger partial charge on any atom is 0.264 e. The van der Waals surface area contributed by atoms with E-state index in [1.165, 1.54) is 23.6 Å². The second-order valence-electron chi connectivity index (χ2n) is 8.04. The summed E-state index contributed by atoms with van der Waals surface area (Å²) in [6.07, 6.45) is 4.85. The van der Waals surface area contributed by atoms with Crippen LogP contribution in [0.5, 0.6) is 0 Å². The van der Waals surface area contributed by atoms with E-state index in [2.05, 4.69) is 5.32 Å². The number of nitrogens with one attached hydrogen (secondary N) is 1. The second-order valence-corrected chi connectivity index (χ2v) is 10.0. The van der Waals surface area contributed by atoms with Gasteiger partial charge in [-0.15, -0.1) is 0 Å². The standard InChI is InChI=1S/C22H26N2O3S/c1-15-12-18(22(25)23-20-14-16-8-9-17(20)13-16)10-11-21(15)24(2)28(26,27)19-6-4-3-5-7-19/h3-7,10-12,16-17,20H,8-9,13-14H2,1-2H3,(H,23,25)/t16?,17?,20-/m1/s1. The first-order chi connectivity index (χ1) is 13.4. The van der Waals surface area contributed by atoms with Crippen LogP contribution in [0.15, 0.2) is 53.4 Å². The second kappa shape index (κ2) is 7.24. The summed E-state index contributed by atoms with van der Waals surface area (Å²) in [4.78, 5) is 12.9. The molecule has 0 saturated heterocycles. The quantitative estimate of drug-likeness (QED) is 0.834. The Balaban J connectivity index is 1.52. The molecule has 2 aliphatic rings. The number of rotatable bonds is 5. The zero-order valence-corrected chi connectivity index (χ0v) is 17.1. The van der Waals surface area contributed by atoms with Crippen molar-refractivity contribution in [3.8, 4) is 0 Å². The maximum absolute atomic E-state index is 12.9. The number of benzene rings is 2. The van der Waals surface area contributed by atoms with Crippen LogP contribution in [0.1, 0.15) is 41.6 Å². The largest absolute Gasteiger partial charge is 0.349 e. The maximum atomic E-state index is 12.9. The van der Waals surface area contributed by atoms with E-state index in [4.69, 9.17) is 0 Å². The molecule has 2 aliphatic carbocycles. The van der Waals surface area contributed by atoms with Crippen LogP contribution < -0.4 is 9.62 Å². The molecule has 148 valence electrons. The van der Waals surface area contributed by atoms with Gasteiger partial charge >= 0.3 is 0 Å². The fourth-order valence-electron chi connectivity index (χ4n) is 4.70. The van der Waals surface area contributed by atoms with E-state index in [9.17, 15) is 13.2 Å². The number of anilines is 1. The van der Waals surface area contributed by atoms with Gasteiger partial charge in [-0.2, -0.15) is 0 Å². The number of fused-ring (bicyclic) bond motifs is 2. The Morgan fingerprint density at radius 3 is 2.43 bits per heavy atom. The molecule has 0 aromatic heterocycles. The number of sulfonamides is 1. The Bertz CT molecular complexity index is 988. The summed E-state index contributed by atoms with van der Waals surface area (Å²) in [6.45, 7) is 1.83. The van der Waals surface area contributed by atoms with Crippen molar-refractivity contribution in [2.24, 2.45) is 11.8 Å². The van der Waals surface area contributed by atoms with E-state index in [1.807, 2.05) is 6.92 Å². The van der Waals surface area contributed by atoms with Gasteiger partial charge in [0.25, 0.3) is 15.9 Å². The van der Waals surface area contributed by atoms with Crippen molar-refractivity contribution in [1.29, 1.82) is 0 Å². The average Bonchev–Trinajstić information content (AvgIpc) is 3.31. The molecule has 28 heavy (non-hydrogen) atoms. The summed E-state index contributed by atoms with van der Waals surface area (Å²) in [5, 5.41) is 3.19. The molecule has 2 saturated carbocycles. The number of nitrogens with zero attached hydrogens (tertiary/aromatic N) is 1. The number of amides is 1. The van der Waals surface area contributed by atoms with E-state index >= 15 is 0 Å². The van der Waals surface area contributed by atoms with Crippen molar-refractivity contribution in [1.82, 2.24) is 5.32 Å². The number of carbonyl (C=O) groups is 1. The van der Waals surface area contributed by atoms with Gasteiger partial charge in [-0.1, -0.05) is 24.6 Å². The first-order valence-electron chi connectivity index (χ1n) is 9.82. The summed E-state index contributed by atoms with van der Waals surface area (Å²) in [6, 6.07) is 13.8. The monoisotopic (exact) mass is 398 g/mol. The van der Waals surface area contributed by atoms with Crippen LogP contribution in [0, 0.1) is 18.8 Å². The lowest BCUT2D eigenvalue weighted by Crippen LogP contribution is -2.38. The van der Waals surface area contributed by atoms with Gasteiger partial charge in [-0.05, 0) is 73.9 Å². The smallest absolute Gasteiger partial charge is 0.264 e. The molecule has 1 amide bonds. The predicted octanol–water partition coefficient (Wildman–Crippen LogP) is 3.74. The molecule has 0 aliphatic heterocycles. The topological polar surface area (TPSA) is 66.5 Å². The van der Waals surface area contributed by atoms with Gasteiger partial charge in [0.15, 0.2) is 0 Å². The molecule has 3 atom stereocenters. The third-order valence-corrected chi connectivity index (χ3v) is 8.04. The minimum absolute atomic E-state index is 0.0687. The molecule has 2 bridgehead atoms. The minimum Gasteiger partial charge on any atom is -0.349 e. The van der Waals surface area contributed by atoms with Crippen molar-refractivity contribution >= 4 is 21.6 Å². The van der Waals surface area contributed by atoms with Crippen LogP contribution >= 0.6 is 0 Å². The van der Waals surface area contributed by atoms with Crippen molar-refractivity contribution in [3.05, 3.63) is 59.7 Å². The third kappa shape index (κ3) is 3.41. The molecule has 0 radical (unpaired) electrons. The van der Waals surface area contributed by atoms with E-state index in [0.717, 1.165) is 17.9 Å². The van der Waals surface area contributed by atoms with Crippen LogP contribution in [0.25, 0.3) is 0 Å². The Morgan fingerprint density at radius 2 is 1.82 bits per heavy atom. The molecule has 6 heteroatoms. The summed E-state index contributed by atoms with van der Waals surface area (Å²) in [7, 11) is -2.10. The highest BCUT2D eigenvalue weighted by Crippen LogP contribution is 2.44. The van der Waals surface area contributed by atoms with Crippen molar-refractivity contribution in [3.63, 3.8) is 0 Å². The summed E-state index contributed by atoms with van der Waals surface area (Å²) in [5.74, 6) is 1.33. The van der Waals surface area contributed by atoms with Gasteiger partial charge in [0.05, 0.1) is 10.6 Å². The Labute approximate surface area is 166 Å². The zero-order valence-electron chi connectivity index (χ0n) is 16.3. The van der Waals surface area contributed by atoms with Crippen LogP contribution in [0.3, 0.4) is 0 Å². The Morgan fingerprint density at radius 1 is 1.07 bits per heavy atom. The highest BCUT2D eigenvalue weighted by molar-refractivity contribution is 7.92. The van der Waals surface area contributed by atoms with E-state index in [-0.39, 0.29) is 16.8 Å². The van der Waals surface area contributed by atoms with Crippen LogP contribution in [-0.4, -0.2) is 27.4 Å². The first kappa shape index (κ1) is 19.0. The molecule has 2 unspecified atom stereocenters. The van der Waals surface area contributed by atoms with Crippen molar-refractivity contribution in [2.45, 2.75) is 43.5 Å². The van der Waals surface area contributed by atoms with Gasteiger partial charge in [-0.25, -0.2) is 8.42 Å². The Kier molecular flexibility index (Phi) is 4.91. The van der Waals surface area contributed by atoms with Crippen molar-refractivity contribution < 1.29 is 13.2 Å². The predicted molar refractivity (Wildman–Crippen MR) is 110 cm³/mol. The van der Waals surface area contributed by atoms with Crippen LogP contribution in [0.4, 0.5) is 5.69 Å². The lowest BCUT2D eigenvalue weighted by Gasteiger charge is -2.24. The van der Waals surface area contributed by atoms with Crippen molar-refractivity contribution in [2.75, 3.05) is 11.4 Å². The molecule has 0 spiro atoms. The summed E-state index contributed by atoms with van der Waals surface area (Å²) in [5.41, 5.74) is 1.90. The highest BCUT2D eigenvalue weighted by atomic mass is 32.2. The van der Waals surface area contributed by atoms with Crippen LogP contribution in [0.2, 0.25) is 0 Å². The molecular weight excluding hydrogens is 372 g/mol. The Hall–Kier alpha value is -2.34. The molecular formula is C22H26N2O3S. The van der Waals surface area contributed by atoms with Crippen LogP contribution in [-0.2, 0) is 10.0 Å². The molecule has 5 nitrogen and oxygen atoms in total. The summed E-state index contributed by atoms with van der Waals surface area (Å²) < 4.78 is 27.0. The number of hydrogen-bond donors (Lipinski definition) is 1. The lowest BCUT2D eigenvalue weighted by molar-refractivity contribution is 0.0923. The molecule has 1 N–H and O–H groups in total. The minimum atomic E-state index is -3.64. The van der Waals surface area contributed by atoms with Gasteiger partial charge < -0.3 is 5.32 Å². The van der Waals surface area contributed by atoms with Gasteiger partial charge in [-0.3, -0.25) is 9.10 Å². The van der Waals surface area contributed by atoms with Gasteiger partial charge in [0.1, 0.15) is 0 Å². The number of hydrogen-bond acceptors (Lipinski definition) is 3. The fraction of sp³-hybridized carbons (Fsp3) is 0.409.